The highest BCUT2D eigenvalue weighted by atomic mass is 16.5. The van der Waals surface area contributed by atoms with Gasteiger partial charge in [-0.25, -0.2) is 0 Å². The van der Waals surface area contributed by atoms with E-state index in [2.05, 4.69) is 27.6 Å². The van der Waals surface area contributed by atoms with Crippen LogP contribution in [0.3, 0.4) is 0 Å². The summed E-state index contributed by atoms with van der Waals surface area (Å²) in [6, 6.07) is 12.7. The Hall–Kier alpha value is -3.02. The number of nitrogens with one attached hydrogen (secondary N) is 1. The van der Waals surface area contributed by atoms with E-state index in [0.29, 0.717) is 30.9 Å². The number of aromatic nitrogens is 2. The average Bonchev–Trinajstić information content (AvgIpc) is 3.37. The van der Waals surface area contributed by atoms with Gasteiger partial charge in [0, 0.05) is 37.0 Å². The molecule has 4 rings (SSSR count). The summed E-state index contributed by atoms with van der Waals surface area (Å²) in [4.78, 5) is 5.82. The van der Waals surface area contributed by atoms with Crippen LogP contribution in [0.15, 0.2) is 53.4 Å². The van der Waals surface area contributed by atoms with Crippen molar-refractivity contribution in [2.45, 2.75) is 37.2 Å². The van der Waals surface area contributed by atoms with Crippen LogP contribution in [0.2, 0.25) is 0 Å². The molecule has 1 fully saturated rings. The molecule has 2 aromatic carbocycles. The molecule has 0 amide bonds. The van der Waals surface area contributed by atoms with Crippen LogP contribution in [0.25, 0.3) is 11.4 Å². The van der Waals surface area contributed by atoms with E-state index in [1.54, 1.807) is 12.1 Å². The number of hydrogen-bond donors (Lipinski definition) is 6. The zero-order valence-electron chi connectivity index (χ0n) is 18.7. The molecular weight excluding hydrogens is 440 g/mol. The van der Waals surface area contributed by atoms with Gasteiger partial charge in [-0.2, -0.15) is 4.98 Å². The molecule has 6 N–H and O–H groups in total. The molecule has 1 aliphatic heterocycles. The lowest BCUT2D eigenvalue weighted by Crippen LogP contribution is -2.62. The monoisotopic (exact) mass is 470 g/mol. The van der Waals surface area contributed by atoms with Crippen molar-refractivity contribution in [2.75, 3.05) is 31.6 Å². The number of likely N-dealkylation sites (tertiary alicyclic amines) is 1. The standard InChI is InChI=1S/C24H30N4O6/c29-13-20-22(32)23(33)21(31)12-28(20)8-6-16-3-1-15(2-4-16)5-7-25-18-9-17(10-19(30)11-18)24-26-14-34-27-24/h1-4,9-11,14,20-23,25,29-33H,5-8,12-13H2/t20-,21+,22-,23-/m1/s1. The van der Waals surface area contributed by atoms with Crippen LogP contribution in [-0.4, -0.2) is 91.2 Å². The SMILES string of the molecule is OC[C@@H]1[C@@H](O)[C@H](O)[C@@H](O)CN1CCc1ccc(CCNc2cc(O)cc(-c3ncon3)c2)cc1. The highest BCUT2D eigenvalue weighted by molar-refractivity contribution is 5.65. The molecule has 0 aliphatic carbocycles. The fraction of sp³-hybridized carbons (Fsp3) is 0.417. The van der Waals surface area contributed by atoms with Crippen molar-refractivity contribution in [1.82, 2.24) is 15.0 Å². The number of rotatable bonds is 9. The normalized spacial score (nSPS) is 23.2. The van der Waals surface area contributed by atoms with Gasteiger partial charge in [-0.15, -0.1) is 0 Å². The Bertz CT molecular complexity index is 1050. The molecule has 0 bridgehead atoms. The summed E-state index contributed by atoms with van der Waals surface area (Å²) in [6.07, 6.45) is -0.757. The number of aliphatic hydroxyl groups excluding tert-OH is 4. The average molecular weight is 471 g/mol. The fourth-order valence-corrected chi connectivity index (χ4v) is 4.27. The number of piperidine rings is 1. The Kier molecular flexibility index (Phi) is 7.76. The van der Waals surface area contributed by atoms with Gasteiger partial charge in [-0.05, 0) is 36.1 Å². The zero-order valence-corrected chi connectivity index (χ0v) is 18.7. The Morgan fingerprint density at radius 1 is 1.00 bits per heavy atom. The van der Waals surface area contributed by atoms with Crippen molar-refractivity contribution in [1.29, 1.82) is 0 Å². The van der Waals surface area contributed by atoms with Crippen molar-refractivity contribution in [2.24, 2.45) is 0 Å². The summed E-state index contributed by atoms with van der Waals surface area (Å²) in [5, 5.41) is 56.5. The predicted octanol–water partition coefficient (Wildman–Crippen LogP) is 0.398. The molecule has 182 valence electrons. The Labute approximate surface area is 197 Å². The molecule has 10 nitrogen and oxygen atoms in total. The molecule has 0 saturated carbocycles. The molecule has 3 aromatic rings. The maximum Gasteiger partial charge on any atom is 0.214 e. The second-order valence-corrected chi connectivity index (χ2v) is 8.56. The first-order valence-corrected chi connectivity index (χ1v) is 11.3. The van der Waals surface area contributed by atoms with Gasteiger partial charge in [0.15, 0.2) is 0 Å². The van der Waals surface area contributed by atoms with Crippen molar-refractivity contribution in [3.8, 4) is 17.1 Å². The van der Waals surface area contributed by atoms with Gasteiger partial charge in [0.05, 0.1) is 18.8 Å². The molecule has 1 aliphatic rings. The lowest BCUT2D eigenvalue weighted by molar-refractivity contribution is -0.144. The summed E-state index contributed by atoms with van der Waals surface area (Å²) < 4.78 is 4.76. The number of aromatic hydroxyl groups is 1. The fourth-order valence-electron chi connectivity index (χ4n) is 4.27. The number of β-amino-alcohol motifs (C(OH)–C–C–N with tert-alkyl or cyclic N) is 1. The van der Waals surface area contributed by atoms with Gasteiger partial charge in [-0.1, -0.05) is 29.4 Å². The first-order valence-electron chi connectivity index (χ1n) is 11.3. The lowest BCUT2D eigenvalue weighted by atomic mass is 9.93. The number of nitrogens with zero attached hydrogens (tertiary/aromatic N) is 3. The smallest absolute Gasteiger partial charge is 0.214 e. The van der Waals surface area contributed by atoms with E-state index < -0.39 is 24.4 Å². The van der Waals surface area contributed by atoms with Crippen LogP contribution in [0.1, 0.15) is 11.1 Å². The van der Waals surface area contributed by atoms with Crippen molar-refractivity contribution in [3.63, 3.8) is 0 Å². The van der Waals surface area contributed by atoms with Crippen molar-refractivity contribution < 1.29 is 30.1 Å². The third-order valence-electron chi connectivity index (χ3n) is 6.21. The number of anilines is 1. The Morgan fingerprint density at radius 3 is 2.41 bits per heavy atom. The predicted molar refractivity (Wildman–Crippen MR) is 124 cm³/mol. The molecule has 10 heteroatoms. The minimum Gasteiger partial charge on any atom is -0.508 e. The van der Waals surface area contributed by atoms with E-state index in [9.17, 15) is 25.5 Å². The van der Waals surface area contributed by atoms with Crippen LogP contribution in [0, 0.1) is 0 Å². The first kappa shape index (κ1) is 24.1. The molecule has 34 heavy (non-hydrogen) atoms. The molecule has 0 unspecified atom stereocenters. The van der Waals surface area contributed by atoms with Gasteiger partial charge in [0.25, 0.3) is 0 Å². The van der Waals surface area contributed by atoms with E-state index in [-0.39, 0.29) is 18.9 Å². The third-order valence-corrected chi connectivity index (χ3v) is 6.21. The van der Waals surface area contributed by atoms with E-state index in [1.807, 2.05) is 23.1 Å². The quantitative estimate of drug-likeness (QED) is 0.259. The Balaban J connectivity index is 1.27. The van der Waals surface area contributed by atoms with E-state index in [1.165, 1.54) is 6.39 Å². The molecule has 1 aromatic heterocycles. The van der Waals surface area contributed by atoms with Gasteiger partial charge in [0.1, 0.15) is 18.0 Å². The second-order valence-electron chi connectivity index (χ2n) is 8.56. The summed E-state index contributed by atoms with van der Waals surface area (Å²) in [7, 11) is 0. The van der Waals surface area contributed by atoms with Crippen LogP contribution < -0.4 is 5.32 Å². The van der Waals surface area contributed by atoms with E-state index in [0.717, 1.165) is 23.2 Å². The number of hydrogen-bond acceptors (Lipinski definition) is 10. The number of aliphatic hydroxyl groups is 4. The summed E-state index contributed by atoms with van der Waals surface area (Å²) in [5.74, 6) is 0.519. The van der Waals surface area contributed by atoms with Crippen molar-refractivity contribution in [3.05, 3.63) is 60.0 Å². The van der Waals surface area contributed by atoms with Crippen LogP contribution >= 0.6 is 0 Å². The first-order chi connectivity index (χ1) is 16.4. The van der Waals surface area contributed by atoms with Gasteiger partial charge in [0.2, 0.25) is 12.2 Å². The molecule has 0 radical (unpaired) electrons. The van der Waals surface area contributed by atoms with Crippen LogP contribution in [0.4, 0.5) is 5.69 Å². The Morgan fingerprint density at radius 2 is 1.74 bits per heavy atom. The molecule has 4 atom stereocenters. The van der Waals surface area contributed by atoms with Crippen LogP contribution in [0.5, 0.6) is 5.75 Å². The topological polar surface area (TPSA) is 155 Å². The maximum absolute atomic E-state index is 10.1. The molecular formula is C24H30N4O6. The lowest BCUT2D eigenvalue weighted by Gasteiger charge is -2.43. The largest absolute Gasteiger partial charge is 0.508 e. The number of phenolic OH excluding ortho intramolecular Hbond substituents is 1. The molecule has 1 saturated heterocycles. The summed E-state index contributed by atoms with van der Waals surface area (Å²) >= 11 is 0. The van der Waals surface area contributed by atoms with E-state index in [4.69, 9.17) is 4.52 Å². The van der Waals surface area contributed by atoms with Gasteiger partial charge < -0.3 is 35.4 Å². The summed E-state index contributed by atoms with van der Waals surface area (Å²) in [5.41, 5.74) is 3.66. The number of phenols is 1. The van der Waals surface area contributed by atoms with Crippen molar-refractivity contribution >= 4 is 5.69 Å². The molecule has 0 spiro atoms. The minimum atomic E-state index is -1.24. The number of benzene rings is 2. The highest BCUT2D eigenvalue weighted by Crippen LogP contribution is 2.26. The molecule has 2 heterocycles. The highest BCUT2D eigenvalue weighted by Gasteiger charge is 2.40. The second kappa shape index (κ2) is 10.9. The zero-order chi connectivity index (χ0) is 24.1. The third kappa shape index (κ3) is 5.72. The van der Waals surface area contributed by atoms with Gasteiger partial charge in [-0.3, -0.25) is 4.90 Å². The van der Waals surface area contributed by atoms with Gasteiger partial charge >= 0.3 is 0 Å². The maximum atomic E-state index is 10.1. The minimum absolute atomic E-state index is 0.112. The van der Waals surface area contributed by atoms with E-state index >= 15 is 0 Å². The van der Waals surface area contributed by atoms with Crippen LogP contribution in [-0.2, 0) is 12.8 Å². The summed E-state index contributed by atoms with van der Waals surface area (Å²) in [6.45, 7) is 1.13.